The lowest BCUT2D eigenvalue weighted by Crippen LogP contribution is -2.07. The number of benzene rings is 1. The molecule has 88 valence electrons. The Bertz CT molecular complexity index is 348. The molecule has 16 heavy (non-hydrogen) atoms. The molecule has 1 saturated carbocycles. The van der Waals surface area contributed by atoms with Gasteiger partial charge in [-0.15, -0.1) is 0 Å². The third-order valence-electron chi connectivity index (χ3n) is 2.93. The molecule has 1 aliphatic carbocycles. The zero-order chi connectivity index (χ0) is 11.4. The van der Waals surface area contributed by atoms with Gasteiger partial charge >= 0.3 is 0 Å². The van der Waals surface area contributed by atoms with Crippen molar-refractivity contribution in [2.75, 3.05) is 6.61 Å². The first kappa shape index (κ1) is 11.4. The Morgan fingerprint density at radius 3 is 2.81 bits per heavy atom. The smallest absolute Gasteiger partial charge is 0.126 e. The molecule has 1 N–H and O–H groups in total. The largest absolute Gasteiger partial charge is 0.493 e. The Labute approximate surface area is 95.1 Å². The van der Waals surface area contributed by atoms with Crippen LogP contribution in [0.4, 0.5) is 4.39 Å². The van der Waals surface area contributed by atoms with Crippen LogP contribution in [0.2, 0.25) is 0 Å². The first-order valence-corrected chi connectivity index (χ1v) is 5.79. The second-order valence-electron chi connectivity index (χ2n) is 4.49. The molecule has 1 aliphatic rings. The van der Waals surface area contributed by atoms with Crippen molar-refractivity contribution in [2.45, 2.75) is 37.7 Å². The van der Waals surface area contributed by atoms with E-state index in [0.717, 1.165) is 32.1 Å². The molecule has 0 aliphatic heterocycles. The van der Waals surface area contributed by atoms with Gasteiger partial charge in [-0.1, -0.05) is 6.07 Å². The van der Waals surface area contributed by atoms with E-state index >= 15 is 0 Å². The van der Waals surface area contributed by atoms with Gasteiger partial charge in [-0.3, -0.25) is 0 Å². The summed E-state index contributed by atoms with van der Waals surface area (Å²) in [5.41, 5.74) is -0.362. The average molecular weight is 224 g/mol. The third kappa shape index (κ3) is 3.49. The van der Waals surface area contributed by atoms with E-state index in [1.165, 1.54) is 12.1 Å². The number of aliphatic hydroxyl groups is 1. The van der Waals surface area contributed by atoms with E-state index in [4.69, 9.17) is 4.74 Å². The van der Waals surface area contributed by atoms with Gasteiger partial charge in [0.05, 0.1) is 12.2 Å². The average Bonchev–Trinajstić information content (AvgIpc) is 2.96. The van der Waals surface area contributed by atoms with Crippen molar-refractivity contribution in [2.24, 2.45) is 0 Å². The van der Waals surface area contributed by atoms with E-state index in [0.29, 0.717) is 12.4 Å². The number of ether oxygens (including phenoxy) is 1. The normalized spacial score (nSPS) is 17.1. The third-order valence-corrected chi connectivity index (χ3v) is 2.93. The summed E-state index contributed by atoms with van der Waals surface area (Å²) in [4.78, 5) is 0. The Hall–Kier alpha value is -1.09. The van der Waals surface area contributed by atoms with Crippen molar-refractivity contribution in [1.29, 1.82) is 0 Å². The second-order valence-corrected chi connectivity index (χ2v) is 4.49. The SMILES string of the molecule is OC1(CCCCOc2cccc(F)c2)CC1. The molecule has 0 bridgehead atoms. The summed E-state index contributed by atoms with van der Waals surface area (Å²) in [6, 6.07) is 6.17. The predicted octanol–water partition coefficient (Wildman–Crippen LogP) is 2.90. The first-order valence-electron chi connectivity index (χ1n) is 5.79. The van der Waals surface area contributed by atoms with Crippen LogP contribution in [0, 0.1) is 5.82 Å². The van der Waals surface area contributed by atoms with Crippen LogP contribution in [0.3, 0.4) is 0 Å². The van der Waals surface area contributed by atoms with Crippen molar-refractivity contribution in [3.63, 3.8) is 0 Å². The summed E-state index contributed by atoms with van der Waals surface area (Å²) >= 11 is 0. The van der Waals surface area contributed by atoms with E-state index in [9.17, 15) is 9.50 Å². The number of rotatable bonds is 6. The first-order chi connectivity index (χ1) is 7.68. The molecule has 0 saturated heterocycles. The maximum atomic E-state index is 12.8. The minimum Gasteiger partial charge on any atom is -0.493 e. The maximum absolute atomic E-state index is 12.8. The highest BCUT2D eigenvalue weighted by Gasteiger charge is 2.39. The van der Waals surface area contributed by atoms with E-state index in [2.05, 4.69) is 0 Å². The summed E-state index contributed by atoms with van der Waals surface area (Å²) < 4.78 is 18.2. The maximum Gasteiger partial charge on any atom is 0.126 e. The van der Waals surface area contributed by atoms with E-state index in [1.54, 1.807) is 12.1 Å². The van der Waals surface area contributed by atoms with Gasteiger partial charge in [0.25, 0.3) is 0 Å². The summed E-state index contributed by atoms with van der Waals surface area (Å²) in [7, 11) is 0. The lowest BCUT2D eigenvalue weighted by atomic mass is 10.1. The summed E-state index contributed by atoms with van der Waals surface area (Å²) in [5.74, 6) is 0.301. The van der Waals surface area contributed by atoms with Crippen molar-refractivity contribution in [3.05, 3.63) is 30.1 Å². The zero-order valence-corrected chi connectivity index (χ0v) is 9.29. The molecule has 0 spiro atoms. The fraction of sp³-hybridized carbons (Fsp3) is 0.538. The Kier molecular flexibility index (Phi) is 3.44. The standard InChI is InChI=1S/C13H17FO2/c14-11-4-3-5-12(10-11)16-9-2-1-6-13(15)7-8-13/h3-5,10,15H,1-2,6-9H2. The van der Waals surface area contributed by atoms with Gasteiger partial charge in [-0.05, 0) is 44.2 Å². The Morgan fingerprint density at radius 1 is 1.31 bits per heavy atom. The van der Waals surface area contributed by atoms with Crippen LogP contribution in [0.15, 0.2) is 24.3 Å². The van der Waals surface area contributed by atoms with Crippen molar-refractivity contribution >= 4 is 0 Å². The van der Waals surface area contributed by atoms with Gasteiger partial charge in [0.15, 0.2) is 0 Å². The van der Waals surface area contributed by atoms with Gasteiger partial charge in [0.2, 0.25) is 0 Å². The minimum absolute atomic E-state index is 0.273. The van der Waals surface area contributed by atoms with Crippen molar-refractivity contribution in [1.82, 2.24) is 0 Å². The summed E-state index contributed by atoms with van der Waals surface area (Å²) in [5, 5.41) is 9.59. The number of hydrogen-bond donors (Lipinski definition) is 1. The summed E-state index contributed by atoms with van der Waals surface area (Å²) in [6.07, 6.45) is 4.61. The number of unbranched alkanes of at least 4 members (excludes halogenated alkanes) is 1. The van der Waals surface area contributed by atoms with E-state index in [-0.39, 0.29) is 11.4 Å². The molecular weight excluding hydrogens is 207 g/mol. The van der Waals surface area contributed by atoms with Crippen molar-refractivity contribution in [3.8, 4) is 5.75 Å². The fourth-order valence-corrected chi connectivity index (χ4v) is 1.70. The zero-order valence-electron chi connectivity index (χ0n) is 9.29. The molecule has 2 nitrogen and oxygen atoms in total. The molecule has 1 aromatic carbocycles. The molecule has 1 aromatic rings. The molecule has 1 fully saturated rings. The molecule has 0 radical (unpaired) electrons. The van der Waals surface area contributed by atoms with Gasteiger partial charge in [-0.2, -0.15) is 0 Å². The molecule has 0 amide bonds. The molecule has 3 heteroatoms. The van der Waals surface area contributed by atoms with E-state index < -0.39 is 0 Å². The predicted molar refractivity (Wildman–Crippen MR) is 59.9 cm³/mol. The van der Waals surface area contributed by atoms with Crippen LogP contribution in [-0.4, -0.2) is 17.3 Å². The fourth-order valence-electron chi connectivity index (χ4n) is 1.70. The molecular formula is C13H17FO2. The van der Waals surface area contributed by atoms with Crippen molar-refractivity contribution < 1.29 is 14.2 Å². The number of halogens is 1. The number of hydrogen-bond acceptors (Lipinski definition) is 2. The topological polar surface area (TPSA) is 29.5 Å². The van der Waals surface area contributed by atoms with Crippen LogP contribution in [0.25, 0.3) is 0 Å². The monoisotopic (exact) mass is 224 g/mol. The van der Waals surface area contributed by atoms with E-state index in [1.807, 2.05) is 0 Å². The van der Waals surface area contributed by atoms with Crippen LogP contribution in [-0.2, 0) is 0 Å². The summed E-state index contributed by atoms with van der Waals surface area (Å²) in [6.45, 7) is 0.583. The Morgan fingerprint density at radius 2 is 2.12 bits per heavy atom. The van der Waals surface area contributed by atoms with Crippen LogP contribution in [0.5, 0.6) is 5.75 Å². The van der Waals surface area contributed by atoms with Gasteiger partial charge in [0.1, 0.15) is 11.6 Å². The van der Waals surface area contributed by atoms with Gasteiger partial charge in [0, 0.05) is 6.07 Å². The molecule has 0 heterocycles. The minimum atomic E-state index is -0.362. The lowest BCUT2D eigenvalue weighted by molar-refractivity contribution is 0.134. The van der Waals surface area contributed by atoms with Gasteiger partial charge < -0.3 is 9.84 Å². The quantitative estimate of drug-likeness (QED) is 0.753. The van der Waals surface area contributed by atoms with Crippen LogP contribution < -0.4 is 4.74 Å². The molecule has 2 rings (SSSR count). The second kappa shape index (κ2) is 4.83. The highest BCUT2D eigenvalue weighted by molar-refractivity contribution is 5.22. The highest BCUT2D eigenvalue weighted by Crippen LogP contribution is 2.39. The molecule has 0 unspecified atom stereocenters. The van der Waals surface area contributed by atoms with Crippen LogP contribution >= 0.6 is 0 Å². The van der Waals surface area contributed by atoms with Gasteiger partial charge in [-0.25, -0.2) is 4.39 Å². The lowest BCUT2D eigenvalue weighted by Gasteiger charge is -2.08. The highest BCUT2D eigenvalue weighted by atomic mass is 19.1. The molecule has 0 aromatic heterocycles. The Balaban J connectivity index is 1.60. The molecule has 0 atom stereocenters. The van der Waals surface area contributed by atoms with Crippen LogP contribution in [0.1, 0.15) is 32.1 Å².